The predicted octanol–water partition coefficient (Wildman–Crippen LogP) is 2.09. The topological polar surface area (TPSA) is 71.4 Å². The normalized spacial score (nSPS) is 31.2. The molecule has 0 aromatic rings. The van der Waals surface area contributed by atoms with Crippen molar-refractivity contribution >= 4 is 15.8 Å². The van der Waals surface area contributed by atoms with Gasteiger partial charge in [0.1, 0.15) is 0 Å². The molecule has 3 unspecified atom stereocenters. The smallest absolute Gasteiger partial charge is 0.324 e. The molecule has 0 aromatic carbocycles. The Balaban J connectivity index is 2.97. The van der Waals surface area contributed by atoms with Crippen LogP contribution in [0.5, 0.6) is 0 Å². The van der Waals surface area contributed by atoms with Crippen LogP contribution in [0.1, 0.15) is 47.0 Å². The molecule has 1 rings (SSSR count). The van der Waals surface area contributed by atoms with Crippen LogP contribution in [-0.2, 0) is 14.6 Å². The number of carboxylic acids is 1. The second-order valence-electron chi connectivity index (χ2n) is 5.75. The lowest BCUT2D eigenvalue weighted by atomic mass is 9.81. The molecule has 0 bridgehead atoms. The molecule has 0 radical (unpaired) electrons. The zero-order valence-corrected chi connectivity index (χ0v) is 11.8. The third-order valence-electron chi connectivity index (χ3n) is 4.22. The van der Waals surface area contributed by atoms with Crippen molar-refractivity contribution in [1.29, 1.82) is 0 Å². The number of hydrogen-bond donors (Lipinski definition) is 1. The van der Waals surface area contributed by atoms with Gasteiger partial charge in [-0.05, 0) is 44.9 Å². The average Bonchev–Trinajstić information content (AvgIpc) is 2.21. The Hall–Kier alpha value is -0.580. The predicted molar refractivity (Wildman–Crippen MR) is 66.6 cm³/mol. The molecular formula is C12H22O4S. The van der Waals surface area contributed by atoms with E-state index in [2.05, 4.69) is 6.92 Å². The fraction of sp³-hybridized carbons (Fsp3) is 0.917. The summed E-state index contributed by atoms with van der Waals surface area (Å²) in [5.41, 5.74) is 0. The van der Waals surface area contributed by atoms with Crippen LogP contribution in [0.4, 0.5) is 0 Å². The van der Waals surface area contributed by atoms with Crippen molar-refractivity contribution < 1.29 is 18.3 Å². The van der Waals surface area contributed by atoms with Crippen LogP contribution >= 0.6 is 0 Å². The minimum absolute atomic E-state index is 0.341. The number of sulfone groups is 1. The summed E-state index contributed by atoms with van der Waals surface area (Å²) < 4.78 is 23.0. The van der Waals surface area contributed by atoms with E-state index < -0.39 is 25.8 Å². The molecule has 17 heavy (non-hydrogen) atoms. The Morgan fingerprint density at radius 1 is 1.18 bits per heavy atom. The van der Waals surface area contributed by atoms with Crippen LogP contribution in [0.3, 0.4) is 0 Å². The van der Waals surface area contributed by atoms with E-state index in [-0.39, 0.29) is 0 Å². The summed E-state index contributed by atoms with van der Waals surface area (Å²) in [4.78, 5) is 11.1. The molecule has 0 amide bonds. The van der Waals surface area contributed by atoms with E-state index in [9.17, 15) is 13.2 Å². The molecule has 5 heteroatoms. The molecule has 0 aromatic heterocycles. The Morgan fingerprint density at radius 3 is 2.12 bits per heavy atom. The molecule has 0 spiro atoms. The summed E-state index contributed by atoms with van der Waals surface area (Å²) in [6.45, 7) is 6.73. The zero-order chi connectivity index (χ0) is 13.4. The zero-order valence-electron chi connectivity index (χ0n) is 10.9. The molecule has 1 aliphatic rings. The van der Waals surface area contributed by atoms with Crippen molar-refractivity contribution in [2.75, 3.05) is 0 Å². The maximum atomic E-state index is 12.3. The highest BCUT2D eigenvalue weighted by Crippen LogP contribution is 2.36. The van der Waals surface area contributed by atoms with Crippen molar-refractivity contribution in [2.24, 2.45) is 11.8 Å². The van der Waals surface area contributed by atoms with E-state index in [1.165, 1.54) is 13.8 Å². The van der Waals surface area contributed by atoms with Gasteiger partial charge in [-0.15, -0.1) is 0 Å². The maximum absolute atomic E-state index is 12.3. The Bertz CT molecular complexity index is 397. The molecule has 0 aliphatic heterocycles. The minimum atomic E-state index is -3.62. The van der Waals surface area contributed by atoms with Crippen LogP contribution in [0.15, 0.2) is 0 Å². The first kappa shape index (κ1) is 14.5. The largest absolute Gasteiger partial charge is 0.480 e. The average molecular weight is 262 g/mol. The summed E-state index contributed by atoms with van der Waals surface area (Å²) in [6, 6.07) is 0. The van der Waals surface area contributed by atoms with Crippen molar-refractivity contribution in [2.45, 2.75) is 57.0 Å². The van der Waals surface area contributed by atoms with Gasteiger partial charge < -0.3 is 5.11 Å². The minimum Gasteiger partial charge on any atom is -0.480 e. The van der Waals surface area contributed by atoms with E-state index >= 15 is 0 Å². The summed E-state index contributed by atoms with van der Waals surface area (Å²) in [5.74, 6) is -0.397. The van der Waals surface area contributed by atoms with E-state index in [1.807, 2.05) is 6.92 Å². The van der Waals surface area contributed by atoms with Gasteiger partial charge in [0.05, 0.1) is 5.25 Å². The van der Waals surface area contributed by atoms with Crippen LogP contribution in [0.2, 0.25) is 0 Å². The SMILES string of the molecule is CC1CCC(S(=O)(=O)C(C)(C)C(=O)O)CC1C. The third kappa shape index (κ3) is 2.49. The second-order valence-corrected chi connectivity index (χ2v) is 8.53. The van der Waals surface area contributed by atoms with Gasteiger partial charge in [0.15, 0.2) is 14.6 Å². The van der Waals surface area contributed by atoms with Gasteiger partial charge in [-0.3, -0.25) is 4.79 Å². The molecule has 1 aliphatic carbocycles. The van der Waals surface area contributed by atoms with Crippen LogP contribution < -0.4 is 0 Å². The number of rotatable bonds is 3. The molecule has 1 saturated carbocycles. The highest BCUT2D eigenvalue weighted by Gasteiger charge is 2.47. The number of hydrogen-bond acceptors (Lipinski definition) is 3. The number of carbonyl (C=O) groups is 1. The highest BCUT2D eigenvalue weighted by molar-refractivity contribution is 7.94. The second kappa shape index (κ2) is 4.59. The first-order valence-corrected chi connectivity index (χ1v) is 7.62. The molecular weight excluding hydrogens is 240 g/mol. The number of carboxylic acid groups (broad SMARTS) is 1. The summed E-state index contributed by atoms with van der Waals surface area (Å²) in [7, 11) is -3.62. The number of aliphatic carboxylic acids is 1. The van der Waals surface area contributed by atoms with Crippen molar-refractivity contribution in [3.05, 3.63) is 0 Å². The Morgan fingerprint density at radius 2 is 1.71 bits per heavy atom. The van der Waals surface area contributed by atoms with Crippen molar-refractivity contribution in [3.63, 3.8) is 0 Å². The first-order chi connectivity index (χ1) is 7.60. The van der Waals surface area contributed by atoms with E-state index in [4.69, 9.17) is 5.11 Å². The fourth-order valence-electron chi connectivity index (χ4n) is 2.32. The Kier molecular flexibility index (Phi) is 3.91. The van der Waals surface area contributed by atoms with Crippen molar-refractivity contribution in [3.8, 4) is 0 Å². The van der Waals surface area contributed by atoms with Crippen LogP contribution in [0.25, 0.3) is 0 Å². The fourth-order valence-corrected chi connectivity index (χ4v) is 4.40. The lowest BCUT2D eigenvalue weighted by Gasteiger charge is -2.35. The molecule has 0 heterocycles. The van der Waals surface area contributed by atoms with Gasteiger partial charge in [0.2, 0.25) is 0 Å². The molecule has 1 N–H and O–H groups in total. The van der Waals surface area contributed by atoms with E-state index in [1.54, 1.807) is 0 Å². The molecule has 0 saturated heterocycles. The summed E-state index contributed by atoms with van der Waals surface area (Å²) in [5, 5.41) is 8.55. The molecule has 4 nitrogen and oxygen atoms in total. The lowest BCUT2D eigenvalue weighted by Crippen LogP contribution is -2.47. The van der Waals surface area contributed by atoms with E-state index in [0.29, 0.717) is 24.7 Å². The van der Waals surface area contributed by atoms with Gasteiger partial charge >= 0.3 is 5.97 Å². The Labute approximate surface area is 103 Å². The summed E-state index contributed by atoms with van der Waals surface area (Å²) >= 11 is 0. The van der Waals surface area contributed by atoms with Gasteiger partial charge in [0.25, 0.3) is 0 Å². The standard InChI is InChI=1S/C12H22O4S/c1-8-5-6-10(7-9(8)2)17(15,16)12(3,4)11(13)14/h8-10H,5-7H2,1-4H3,(H,13,14). The first-order valence-electron chi connectivity index (χ1n) is 6.07. The van der Waals surface area contributed by atoms with E-state index in [0.717, 1.165) is 6.42 Å². The summed E-state index contributed by atoms with van der Waals surface area (Å²) in [6.07, 6.45) is 2.03. The highest BCUT2D eigenvalue weighted by atomic mass is 32.2. The van der Waals surface area contributed by atoms with Gasteiger partial charge in [-0.25, -0.2) is 8.42 Å². The van der Waals surface area contributed by atoms with Crippen LogP contribution in [0, 0.1) is 11.8 Å². The van der Waals surface area contributed by atoms with Crippen molar-refractivity contribution in [1.82, 2.24) is 0 Å². The molecule has 100 valence electrons. The maximum Gasteiger partial charge on any atom is 0.324 e. The molecule has 3 atom stereocenters. The lowest BCUT2D eigenvalue weighted by molar-refractivity contribution is -0.139. The van der Waals surface area contributed by atoms with Gasteiger partial charge in [0, 0.05) is 0 Å². The quantitative estimate of drug-likeness (QED) is 0.845. The molecule has 1 fully saturated rings. The van der Waals surface area contributed by atoms with Gasteiger partial charge in [-0.2, -0.15) is 0 Å². The monoisotopic (exact) mass is 262 g/mol. The van der Waals surface area contributed by atoms with Gasteiger partial charge in [-0.1, -0.05) is 13.8 Å². The third-order valence-corrected chi connectivity index (χ3v) is 7.12. The van der Waals surface area contributed by atoms with Crippen LogP contribution in [-0.4, -0.2) is 29.5 Å².